The lowest BCUT2D eigenvalue weighted by atomic mass is 9.85. The molecule has 1 heterocycles. The van der Waals surface area contributed by atoms with Gasteiger partial charge in [-0.15, -0.1) is 0 Å². The highest BCUT2D eigenvalue weighted by molar-refractivity contribution is 5.85. The third-order valence-corrected chi connectivity index (χ3v) is 2.77. The van der Waals surface area contributed by atoms with E-state index in [0.717, 1.165) is 19.4 Å². The molecule has 0 amide bonds. The molecule has 2 atom stereocenters. The highest BCUT2D eigenvalue weighted by atomic mass is 16.5. The number of carbonyl (C=O) groups is 1. The van der Waals surface area contributed by atoms with Crippen molar-refractivity contribution in [3.8, 4) is 6.07 Å². The van der Waals surface area contributed by atoms with Crippen LogP contribution in [0.25, 0.3) is 0 Å². The highest BCUT2D eigenvalue weighted by Gasteiger charge is 2.28. The number of rotatable bonds is 4. The van der Waals surface area contributed by atoms with Gasteiger partial charge in [0.2, 0.25) is 0 Å². The molecule has 0 bridgehead atoms. The first-order valence-electron chi connectivity index (χ1n) is 5.66. The molecule has 0 radical (unpaired) electrons. The van der Waals surface area contributed by atoms with Crippen LogP contribution in [0.5, 0.6) is 0 Å². The van der Waals surface area contributed by atoms with Crippen molar-refractivity contribution in [1.82, 2.24) is 0 Å². The number of ketones is 1. The van der Waals surface area contributed by atoms with E-state index in [4.69, 9.17) is 10.00 Å². The SMILES string of the molecule is CC(C)CC(C#N)C(=O)C1CCCOC1. The normalized spacial score (nSPS) is 23.5. The Bertz CT molecular complexity index is 249. The Morgan fingerprint density at radius 1 is 1.60 bits per heavy atom. The van der Waals surface area contributed by atoms with Crippen LogP contribution in [0.2, 0.25) is 0 Å². The highest BCUT2D eigenvalue weighted by Crippen LogP contribution is 2.22. The van der Waals surface area contributed by atoms with Crippen LogP contribution in [0.4, 0.5) is 0 Å². The fourth-order valence-corrected chi connectivity index (χ4v) is 1.95. The summed E-state index contributed by atoms with van der Waals surface area (Å²) in [5.74, 6) is 0.00728. The Kier molecular flexibility index (Phi) is 4.77. The second-order valence-electron chi connectivity index (χ2n) is 4.63. The number of hydrogen-bond acceptors (Lipinski definition) is 3. The molecule has 0 aromatic carbocycles. The van der Waals surface area contributed by atoms with Gasteiger partial charge in [0.15, 0.2) is 5.78 Å². The number of nitriles is 1. The molecule has 0 spiro atoms. The molecule has 0 aromatic rings. The van der Waals surface area contributed by atoms with Crippen LogP contribution >= 0.6 is 0 Å². The molecule has 0 saturated carbocycles. The van der Waals surface area contributed by atoms with Crippen molar-refractivity contribution in [3.05, 3.63) is 0 Å². The molecule has 15 heavy (non-hydrogen) atoms. The summed E-state index contributed by atoms with van der Waals surface area (Å²) in [6.07, 6.45) is 2.50. The fraction of sp³-hybridized carbons (Fsp3) is 0.833. The molecule has 1 fully saturated rings. The average Bonchev–Trinajstić information content (AvgIpc) is 2.26. The van der Waals surface area contributed by atoms with Crippen molar-refractivity contribution in [2.24, 2.45) is 17.8 Å². The van der Waals surface area contributed by atoms with E-state index in [-0.39, 0.29) is 11.7 Å². The predicted molar refractivity (Wildman–Crippen MR) is 57.1 cm³/mol. The second kappa shape index (κ2) is 5.87. The summed E-state index contributed by atoms with van der Waals surface area (Å²) in [6, 6.07) is 2.13. The Morgan fingerprint density at radius 3 is 2.80 bits per heavy atom. The molecule has 3 nitrogen and oxygen atoms in total. The van der Waals surface area contributed by atoms with Gasteiger partial charge >= 0.3 is 0 Å². The maximum Gasteiger partial charge on any atom is 0.155 e. The summed E-state index contributed by atoms with van der Waals surface area (Å²) < 4.78 is 5.27. The molecule has 0 N–H and O–H groups in total. The molecule has 2 unspecified atom stereocenters. The van der Waals surface area contributed by atoms with Crippen LogP contribution in [0, 0.1) is 29.1 Å². The summed E-state index contributed by atoms with van der Waals surface area (Å²) >= 11 is 0. The Hall–Kier alpha value is -0.880. The van der Waals surface area contributed by atoms with Crippen LogP contribution in [-0.2, 0) is 9.53 Å². The molecular formula is C12H19NO2. The van der Waals surface area contributed by atoms with E-state index in [1.807, 2.05) is 13.8 Å². The summed E-state index contributed by atoms with van der Waals surface area (Å²) in [7, 11) is 0. The topological polar surface area (TPSA) is 50.1 Å². The molecule has 1 rings (SSSR count). The first kappa shape index (κ1) is 12.2. The van der Waals surface area contributed by atoms with Gasteiger partial charge in [-0.1, -0.05) is 13.8 Å². The molecular weight excluding hydrogens is 190 g/mol. The summed E-state index contributed by atoms with van der Waals surface area (Å²) in [6.45, 7) is 5.34. The van der Waals surface area contributed by atoms with E-state index in [2.05, 4.69) is 6.07 Å². The summed E-state index contributed by atoms with van der Waals surface area (Å²) in [5.41, 5.74) is 0. The van der Waals surface area contributed by atoms with E-state index in [1.165, 1.54) is 0 Å². The molecule has 1 aliphatic heterocycles. The van der Waals surface area contributed by atoms with Gasteiger partial charge in [-0.3, -0.25) is 4.79 Å². The van der Waals surface area contributed by atoms with Crippen molar-refractivity contribution in [2.75, 3.05) is 13.2 Å². The van der Waals surface area contributed by atoms with Gasteiger partial charge in [-0.05, 0) is 25.2 Å². The number of hydrogen-bond donors (Lipinski definition) is 0. The number of carbonyl (C=O) groups excluding carboxylic acids is 1. The largest absolute Gasteiger partial charge is 0.381 e. The standard InChI is InChI=1S/C12H19NO2/c1-9(2)6-11(7-13)12(14)10-4-3-5-15-8-10/h9-11H,3-6,8H2,1-2H3. The zero-order chi connectivity index (χ0) is 11.3. The van der Waals surface area contributed by atoms with E-state index in [1.54, 1.807) is 0 Å². The third kappa shape index (κ3) is 3.64. The summed E-state index contributed by atoms with van der Waals surface area (Å²) in [5, 5.41) is 8.96. The van der Waals surface area contributed by atoms with Gasteiger partial charge in [0.1, 0.15) is 5.92 Å². The van der Waals surface area contributed by atoms with Crippen molar-refractivity contribution in [2.45, 2.75) is 33.1 Å². The molecule has 84 valence electrons. The fourth-order valence-electron chi connectivity index (χ4n) is 1.95. The van der Waals surface area contributed by atoms with E-state index in [9.17, 15) is 4.79 Å². The van der Waals surface area contributed by atoms with Crippen molar-refractivity contribution >= 4 is 5.78 Å². The Morgan fingerprint density at radius 2 is 2.33 bits per heavy atom. The van der Waals surface area contributed by atoms with Crippen molar-refractivity contribution in [1.29, 1.82) is 5.26 Å². The van der Waals surface area contributed by atoms with Gasteiger partial charge in [0.05, 0.1) is 12.7 Å². The van der Waals surface area contributed by atoms with E-state index < -0.39 is 5.92 Å². The van der Waals surface area contributed by atoms with Crippen molar-refractivity contribution in [3.63, 3.8) is 0 Å². The third-order valence-electron chi connectivity index (χ3n) is 2.77. The Balaban J connectivity index is 2.52. The van der Waals surface area contributed by atoms with Crippen LogP contribution in [0.1, 0.15) is 33.1 Å². The maximum absolute atomic E-state index is 12.0. The van der Waals surface area contributed by atoms with Gasteiger partial charge in [0.25, 0.3) is 0 Å². The lowest BCUT2D eigenvalue weighted by Crippen LogP contribution is -2.30. The maximum atomic E-state index is 12.0. The lowest BCUT2D eigenvalue weighted by Gasteiger charge is -2.23. The predicted octanol–water partition coefficient (Wildman–Crippen LogP) is 2.17. The van der Waals surface area contributed by atoms with Crippen LogP contribution in [0.3, 0.4) is 0 Å². The minimum absolute atomic E-state index is 0.0397. The number of nitrogens with zero attached hydrogens (tertiary/aromatic N) is 1. The zero-order valence-electron chi connectivity index (χ0n) is 9.53. The quantitative estimate of drug-likeness (QED) is 0.713. The van der Waals surface area contributed by atoms with Gasteiger partial charge in [-0.2, -0.15) is 5.26 Å². The van der Waals surface area contributed by atoms with Gasteiger partial charge in [0, 0.05) is 12.5 Å². The summed E-state index contributed by atoms with van der Waals surface area (Å²) in [4.78, 5) is 12.0. The molecule has 1 saturated heterocycles. The first-order chi connectivity index (χ1) is 7.15. The smallest absolute Gasteiger partial charge is 0.155 e. The van der Waals surface area contributed by atoms with Crippen LogP contribution in [-0.4, -0.2) is 19.0 Å². The van der Waals surface area contributed by atoms with Gasteiger partial charge in [-0.25, -0.2) is 0 Å². The van der Waals surface area contributed by atoms with E-state index >= 15 is 0 Å². The number of Topliss-reactive ketones (excluding diaryl/α,β-unsaturated/α-hetero) is 1. The Labute approximate surface area is 91.4 Å². The molecule has 3 heteroatoms. The minimum Gasteiger partial charge on any atom is -0.381 e. The van der Waals surface area contributed by atoms with Crippen LogP contribution < -0.4 is 0 Å². The minimum atomic E-state index is -0.434. The second-order valence-corrected chi connectivity index (χ2v) is 4.63. The first-order valence-corrected chi connectivity index (χ1v) is 5.66. The molecule has 1 aliphatic rings. The van der Waals surface area contributed by atoms with E-state index in [0.29, 0.717) is 18.9 Å². The molecule has 0 aromatic heterocycles. The van der Waals surface area contributed by atoms with Crippen LogP contribution in [0.15, 0.2) is 0 Å². The van der Waals surface area contributed by atoms with Gasteiger partial charge < -0.3 is 4.74 Å². The molecule has 0 aliphatic carbocycles. The lowest BCUT2D eigenvalue weighted by molar-refractivity contribution is -0.129. The van der Waals surface area contributed by atoms with Crippen molar-refractivity contribution < 1.29 is 9.53 Å². The average molecular weight is 209 g/mol. The monoisotopic (exact) mass is 209 g/mol. The number of ether oxygens (including phenoxy) is 1. The zero-order valence-corrected chi connectivity index (χ0v) is 9.53.